The third kappa shape index (κ3) is 6.83. The standard InChI is InChI=1S/C35H41FN2O7S2/c1-4-26-7-5-6-20-38(26)47(42,43)29-16-14-28(15-17-29)46(40,41)37-34(39)24-10-19-32-30(22-24)33-31(35(2,3)45-32)18-13-27(44-33)21-23-8-11-25(36)12-9-23/h8-12,14-17,19,22,26-27,31,33H,4-7,13,18,20-21H2,1-3H3,(H,37,39)/t26?,27-,31+,33-/m0/s1. The monoisotopic (exact) mass is 684 g/mol. The quantitative estimate of drug-likeness (QED) is 0.303. The van der Waals surface area contributed by atoms with Crippen LogP contribution in [0.15, 0.2) is 76.5 Å². The molecule has 2 fully saturated rings. The van der Waals surface area contributed by atoms with E-state index in [9.17, 15) is 26.0 Å². The van der Waals surface area contributed by atoms with E-state index in [1.54, 1.807) is 24.3 Å². The molecule has 0 saturated carbocycles. The summed E-state index contributed by atoms with van der Waals surface area (Å²) >= 11 is 0. The number of nitrogens with one attached hydrogen (secondary N) is 1. The zero-order valence-electron chi connectivity index (χ0n) is 26.8. The van der Waals surface area contributed by atoms with Crippen molar-refractivity contribution in [3.05, 3.63) is 89.2 Å². The number of carbonyl (C=O) groups is 1. The highest BCUT2D eigenvalue weighted by Gasteiger charge is 2.47. The van der Waals surface area contributed by atoms with Crippen molar-refractivity contribution in [2.24, 2.45) is 5.92 Å². The lowest BCUT2D eigenvalue weighted by Gasteiger charge is -2.49. The van der Waals surface area contributed by atoms with E-state index in [0.717, 1.165) is 37.7 Å². The Morgan fingerprint density at radius 2 is 1.64 bits per heavy atom. The van der Waals surface area contributed by atoms with E-state index in [1.807, 2.05) is 20.8 Å². The number of sulfonamides is 2. The Balaban J connectivity index is 1.19. The first-order valence-electron chi connectivity index (χ1n) is 16.2. The molecule has 0 aromatic heterocycles. The summed E-state index contributed by atoms with van der Waals surface area (Å²) in [5.74, 6) is -0.569. The highest BCUT2D eigenvalue weighted by molar-refractivity contribution is 7.90. The van der Waals surface area contributed by atoms with Gasteiger partial charge in [-0.2, -0.15) is 4.31 Å². The molecule has 0 radical (unpaired) electrons. The van der Waals surface area contributed by atoms with Crippen LogP contribution < -0.4 is 9.46 Å². The van der Waals surface area contributed by atoms with Gasteiger partial charge in [0.05, 0.1) is 22.0 Å². The molecule has 0 aliphatic carbocycles. The molecule has 3 aromatic carbocycles. The predicted molar refractivity (Wildman–Crippen MR) is 175 cm³/mol. The number of hydrogen-bond donors (Lipinski definition) is 1. The van der Waals surface area contributed by atoms with Crippen molar-refractivity contribution < 1.29 is 35.5 Å². The second-order valence-electron chi connectivity index (χ2n) is 13.2. The lowest BCUT2D eigenvalue weighted by atomic mass is 9.74. The van der Waals surface area contributed by atoms with Gasteiger partial charge in [0.1, 0.15) is 17.2 Å². The highest BCUT2D eigenvalue weighted by atomic mass is 32.2. The molecule has 4 atom stereocenters. The van der Waals surface area contributed by atoms with Gasteiger partial charge in [-0.1, -0.05) is 25.5 Å². The van der Waals surface area contributed by atoms with Crippen LogP contribution in [0.1, 0.15) is 86.9 Å². The summed E-state index contributed by atoms with van der Waals surface area (Å²) in [6.07, 6.45) is 4.95. The van der Waals surface area contributed by atoms with Crippen LogP contribution in [0.4, 0.5) is 4.39 Å². The van der Waals surface area contributed by atoms with Crippen molar-refractivity contribution in [1.82, 2.24) is 9.03 Å². The van der Waals surface area contributed by atoms with Crippen molar-refractivity contribution in [2.75, 3.05) is 6.54 Å². The van der Waals surface area contributed by atoms with E-state index in [-0.39, 0.29) is 45.3 Å². The van der Waals surface area contributed by atoms with Gasteiger partial charge in [0.2, 0.25) is 10.0 Å². The molecule has 2 saturated heterocycles. The Kier molecular flexibility index (Phi) is 9.25. The summed E-state index contributed by atoms with van der Waals surface area (Å²) < 4.78 is 83.2. The first-order valence-corrected chi connectivity index (χ1v) is 19.1. The lowest BCUT2D eigenvalue weighted by Crippen LogP contribution is -2.48. The maximum atomic E-state index is 13.4. The number of halogens is 1. The minimum absolute atomic E-state index is 0.00570. The van der Waals surface area contributed by atoms with Gasteiger partial charge in [-0.25, -0.2) is 25.9 Å². The molecule has 0 spiro atoms. The highest BCUT2D eigenvalue weighted by Crippen LogP contribution is 2.51. The number of nitrogens with zero attached hydrogens (tertiary/aromatic N) is 1. The number of benzene rings is 3. The van der Waals surface area contributed by atoms with Gasteiger partial charge < -0.3 is 9.47 Å². The lowest BCUT2D eigenvalue weighted by molar-refractivity contribution is -0.149. The largest absolute Gasteiger partial charge is 0.487 e. The van der Waals surface area contributed by atoms with Crippen molar-refractivity contribution in [3.8, 4) is 5.75 Å². The van der Waals surface area contributed by atoms with Gasteiger partial charge in [0.25, 0.3) is 15.9 Å². The molecule has 3 aliphatic heterocycles. The molecule has 9 nitrogen and oxygen atoms in total. The third-order valence-electron chi connectivity index (χ3n) is 9.74. The summed E-state index contributed by atoms with van der Waals surface area (Å²) in [4.78, 5) is 13.1. The van der Waals surface area contributed by atoms with Crippen LogP contribution in [0.3, 0.4) is 0 Å². The first-order chi connectivity index (χ1) is 22.3. The number of carbonyl (C=O) groups excluding carboxylic acids is 1. The molecular formula is C35H41FN2O7S2. The van der Waals surface area contributed by atoms with Gasteiger partial charge in [-0.15, -0.1) is 0 Å². The Labute approximate surface area is 276 Å². The smallest absolute Gasteiger partial charge is 0.265 e. The Morgan fingerprint density at radius 3 is 2.34 bits per heavy atom. The maximum Gasteiger partial charge on any atom is 0.265 e. The first kappa shape index (κ1) is 33.6. The molecule has 1 N–H and O–H groups in total. The molecule has 0 bridgehead atoms. The molecule has 3 aromatic rings. The van der Waals surface area contributed by atoms with Crippen LogP contribution in [0.25, 0.3) is 0 Å². The molecule has 12 heteroatoms. The molecule has 47 heavy (non-hydrogen) atoms. The summed E-state index contributed by atoms with van der Waals surface area (Å²) in [5, 5.41) is 0. The Hall–Kier alpha value is -3.32. The van der Waals surface area contributed by atoms with Crippen LogP contribution in [0.5, 0.6) is 5.75 Å². The van der Waals surface area contributed by atoms with E-state index in [0.29, 0.717) is 30.7 Å². The number of amides is 1. The number of ether oxygens (including phenoxy) is 2. The summed E-state index contributed by atoms with van der Waals surface area (Å²) in [6.45, 7) is 6.41. The van der Waals surface area contributed by atoms with Gasteiger partial charge in [-0.05, 0) is 113 Å². The Bertz CT molecular complexity index is 1850. The minimum Gasteiger partial charge on any atom is -0.487 e. The van der Waals surface area contributed by atoms with Crippen LogP contribution in [0.2, 0.25) is 0 Å². The van der Waals surface area contributed by atoms with Crippen LogP contribution in [-0.4, -0.2) is 51.3 Å². The average molecular weight is 685 g/mol. The van der Waals surface area contributed by atoms with E-state index >= 15 is 0 Å². The second-order valence-corrected chi connectivity index (χ2v) is 16.8. The maximum absolute atomic E-state index is 13.4. The van der Waals surface area contributed by atoms with Gasteiger partial charge >= 0.3 is 0 Å². The molecule has 3 heterocycles. The van der Waals surface area contributed by atoms with Crippen LogP contribution in [-0.2, 0) is 31.2 Å². The zero-order valence-corrected chi connectivity index (χ0v) is 28.4. The second kappa shape index (κ2) is 12.9. The predicted octanol–water partition coefficient (Wildman–Crippen LogP) is 6.15. The fourth-order valence-corrected chi connectivity index (χ4v) is 9.89. The van der Waals surface area contributed by atoms with Gasteiger partial charge in [-0.3, -0.25) is 4.79 Å². The minimum atomic E-state index is -4.32. The average Bonchev–Trinajstić information content (AvgIpc) is 3.05. The van der Waals surface area contributed by atoms with E-state index < -0.39 is 31.6 Å². The van der Waals surface area contributed by atoms with Crippen molar-refractivity contribution in [1.29, 1.82) is 0 Å². The molecular weight excluding hydrogens is 644 g/mol. The van der Waals surface area contributed by atoms with Gasteiger partial charge in [0.15, 0.2) is 0 Å². The number of rotatable bonds is 8. The SMILES string of the molecule is CCC1CCCCN1S(=O)(=O)c1ccc(S(=O)(=O)NC(=O)c2ccc3c(c2)[C@@H]2O[C@H](Cc4ccc(F)cc4)CC[C@H]2C(C)(C)O3)cc1. The fraction of sp³-hybridized carbons (Fsp3) is 0.457. The summed E-state index contributed by atoms with van der Waals surface area (Å²) in [7, 11) is -8.11. The summed E-state index contributed by atoms with van der Waals surface area (Å²) in [5.41, 5.74) is 1.22. The Morgan fingerprint density at radius 1 is 0.936 bits per heavy atom. The van der Waals surface area contributed by atoms with E-state index in [2.05, 4.69) is 4.72 Å². The van der Waals surface area contributed by atoms with Crippen LogP contribution >= 0.6 is 0 Å². The van der Waals surface area contributed by atoms with Gasteiger partial charge in [0, 0.05) is 29.6 Å². The summed E-state index contributed by atoms with van der Waals surface area (Å²) in [6, 6.07) is 16.0. The van der Waals surface area contributed by atoms with Crippen LogP contribution in [0, 0.1) is 11.7 Å². The fourth-order valence-electron chi connectivity index (χ4n) is 7.15. The zero-order chi connectivity index (χ0) is 33.6. The number of fused-ring (bicyclic) bond motifs is 3. The molecule has 6 rings (SSSR count). The van der Waals surface area contributed by atoms with Crippen molar-refractivity contribution in [2.45, 2.75) is 99.4 Å². The number of piperidine rings is 1. The normalized spacial score (nSPS) is 24.4. The molecule has 3 aliphatic rings. The topological polar surface area (TPSA) is 119 Å². The molecule has 1 unspecified atom stereocenters. The van der Waals surface area contributed by atoms with Crippen molar-refractivity contribution in [3.63, 3.8) is 0 Å². The molecule has 1 amide bonds. The van der Waals surface area contributed by atoms with Crippen molar-refractivity contribution >= 4 is 26.0 Å². The van der Waals surface area contributed by atoms with E-state index in [4.69, 9.17) is 9.47 Å². The third-order valence-corrected chi connectivity index (χ3v) is 13.1. The molecule has 252 valence electrons. The van der Waals surface area contributed by atoms with E-state index in [1.165, 1.54) is 46.8 Å². The number of hydrogen-bond acceptors (Lipinski definition) is 7.